The van der Waals surface area contributed by atoms with Crippen LogP contribution in [0.15, 0.2) is 66.9 Å². The predicted molar refractivity (Wildman–Crippen MR) is 116 cm³/mol. The van der Waals surface area contributed by atoms with Crippen molar-refractivity contribution in [2.24, 2.45) is 0 Å². The lowest BCUT2D eigenvalue weighted by atomic mass is 10.1. The Hall–Kier alpha value is -3.61. The van der Waals surface area contributed by atoms with Gasteiger partial charge in [0.2, 0.25) is 0 Å². The van der Waals surface area contributed by atoms with Crippen molar-refractivity contribution in [3.05, 3.63) is 78.2 Å². The number of methoxy groups -OCH3 is 1. The zero-order chi connectivity index (χ0) is 23.4. The van der Waals surface area contributed by atoms with E-state index in [0.717, 1.165) is 43.8 Å². The number of carbonyl (C=O) groups excluding carboxylic acids is 1. The Morgan fingerprint density at radius 1 is 1.07 bits per heavy atom. The maximum atomic E-state index is 14.3. The van der Waals surface area contributed by atoms with Crippen LogP contribution in [0.25, 0.3) is 0 Å². The molecular weight excluding hydrogens is 383 g/mol. The van der Waals surface area contributed by atoms with Crippen LogP contribution in [0.1, 0.15) is 14.5 Å². The molecule has 2 heterocycles. The maximum absolute atomic E-state index is 14.3. The van der Waals surface area contributed by atoms with Crippen molar-refractivity contribution in [1.82, 2.24) is 4.98 Å². The summed E-state index contributed by atoms with van der Waals surface area (Å²) in [5.41, 5.74) is 1.35. The summed E-state index contributed by atoms with van der Waals surface area (Å²) in [7, 11) is -2.69. The monoisotopic (exact) mass is 412 g/mol. The second-order valence-electron chi connectivity index (χ2n) is 6.91. The first-order valence-corrected chi connectivity index (χ1v) is 9.59. The van der Waals surface area contributed by atoms with Crippen molar-refractivity contribution in [1.29, 1.82) is 0 Å². The molecule has 6 nitrogen and oxygen atoms in total. The molecule has 1 N–H and O–H groups in total. The number of rotatable bonds is 5. The van der Waals surface area contributed by atoms with E-state index < -0.39 is 18.8 Å². The van der Waals surface area contributed by atoms with Crippen LogP contribution in [0.4, 0.5) is 21.6 Å². The molecule has 0 bridgehead atoms. The average molecular weight is 412 g/mol. The highest BCUT2D eigenvalue weighted by molar-refractivity contribution is 6.04. The summed E-state index contributed by atoms with van der Waals surface area (Å²) in [6.45, 7) is 3.41. The summed E-state index contributed by atoms with van der Waals surface area (Å²) >= 11 is 0. The number of nitrogens with zero attached hydrogens (tertiary/aromatic N) is 3. The fraction of sp³-hybridized carbons (Fsp3) is 0.217. The predicted octanol–water partition coefficient (Wildman–Crippen LogP) is 3.81. The van der Waals surface area contributed by atoms with E-state index in [1.54, 1.807) is 18.3 Å². The van der Waals surface area contributed by atoms with E-state index >= 15 is 0 Å². The van der Waals surface area contributed by atoms with E-state index in [9.17, 15) is 9.18 Å². The first kappa shape index (κ1) is 16.2. The lowest BCUT2D eigenvalue weighted by molar-refractivity contribution is 0.102. The zero-order valence-electron chi connectivity index (χ0n) is 19.2. The highest BCUT2D eigenvalue weighted by atomic mass is 19.1. The fourth-order valence-corrected chi connectivity index (χ4v) is 3.43. The Labute approximate surface area is 179 Å². The highest BCUT2D eigenvalue weighted by Gasteiger charge is 2.18. The van der Waals surface area contributed by atoms with Crippen molar-refractivity contribution in [3.63, 3.8) is 0 Å². The molecule has 1 aromatic heterocycles. The number of aromatic nitrogens is 1. The Bertz CT molecular complexity index is 1100. The van der Waals surface area contributed by atoms with Gasteiger partial charge < -0.3 is 19.9 Å². The number of hydrogen-bond acceptors (Lipinski definition) is 5. The van der Waals surface area contributed by atoms with E-state index in [0.29, 0.717) is 5.69 Å². The third-order valence-corrected chi connectivity index (χ3v) is 5.05. The van der Waals surface area contributed by atoms with Gasteiger partial charge in [0, 0.05) is 49.8 Å². The molecule has 1 fully saturated rings. The second kappa shape index (κ2) is 8.82. The van der Waals surface area contributed by atoms with Crippen LogP contribution in [-0.2, 0) is 0 Å². The zero-order valence-corrected chi connectivity index (χ0v) is 16.2. The Morgan fingerprint density at radius 2 is 1.83 bits per heavy atom. The van der Waals surface area contributed by atoms with Crippen molar-refractivity contribution >= 4 is 23.1 Å². The summed E-state index contributed by atoms with van der Waals surface area (Å²) in [6, 6.07) is 16.6. The number of amides is 1. The minimum absolute atomic E-state index is 0.170. The van der Waals surface area contributed by atoms with Crippen LogP contribution in [0, 0.1) is 5.82 Å². The maximum Gasteiger partial charge on any atom is 0.258 e. The Balaban J connectivity index is 1.35. The molecule has 2 aromatic carbocycles. The molecule has 0 radical (unpaired) electrons. The number of pyridine rings is 1. The van der Waals surface area contributed by atoms with Crippen LogP contribution in [0.3, 0.4) is 0 Å². The molecule has 0 atom stereocenters. The van der Waals surface area contributed by atoms with Crippen LogP contribution < -0.4 is 19.9 Å². The lowest BCUT2D eigenvalue weighted by Gasteiger charge is -2.36. The van der Waals surface area contributed by atoms with E-state index in [1.807, 2.05) is 30.3 Å². The minimum Gasteiger partial charge on any atom is -0.497 e. The van der Waals surface area contributed by atoms with Crippen molar-refractivity contribution < 1.29 is 18.0 Å². The molecule has 3 aromatic rings. The van der Waals surface area contributed by atoms with Crippen molar-refractivity contribution in [2.75, 3.05) is 48.3 Å². The number of hydrogen-bond donors (Lipinski definition) is 1. The van der Waals surface area contributed by atoms with Crippen LogP contribution in [0.2, 0.25) is 0 Å². The van der Waals surface area contributed by atoms with Gasteiger partial charge in [-0.3, -0.25) is 4.79 Å². The number of ether oxygens (including phenoxy) is 1. The van der Waals surface area contributed by atoms with Gasteiger partial charge in [-0.25, -0.2) is 9.37 Å². The molecule has 30 heavy (non-hydrogen) atoms. The van der Waals surface area contributed by atoms with Gasteiger partial charge in [-0.2, -0.15) is 0 Å². The molecule has 1 amide bonds. The summed E-state index contributed by atoms with van der Waals surface area (Å²) in [4.78, 5) is 21.4. The molecular formula is C23H23FN4O2. The smallest absolute Gasteiger partial charge is 0.258 e. The molecule has 7 heteroatoms. The van der Waals surface area contributed by atoms with E-state index in [1.165, 1.54) is 12.1 Å². The van der Waals surface area contributed by atoms with Crippen molar-refractivity contribution in [2.45, 2.75) is 0 Å². The summed E-state index contributed by atoms with van der Waals surface area (Å²) in [5, 5.41) is 2.66. The number of piperazine rings is 1. The molecule has 0 unspecified atom stereocenters. The standard InChI is InChI=1S/C23H23FN4O2/c1-30-19-9-10-20(21(24)16-19)23(29)26-17-5-7-18(8-6-17)27-12-14-28(15-13-27)22-4-2-3-11-25-22/h2-11,16H,12-15H2,1H3,(H,26,29)/i1T3. The molecule has 0 saturated carbocycles. The third kappa shape index (κ3) is 4.35. The second-order valence-corrected chi connectivity index (χ2v) is 6.91. The van der Waals surface area contributed by atoms with Crippen LogP contribution >= 0.6 is 0 Å². The first-order chi connectivity index (χ1) is 15.8. The van der Waals surface area contributed by atoms with Gasteiger partial charge >= 0.3 is 0 Å². The van der Waals surface area contributed by atoms with E-state index in [2.05, 4.69) is 24.8 Å². The largest absolute Gasteiger partial charge is 0.497 e. The number of nitrogens with one attached hydrogen (secondary N) is 1. The molecule has 4 rings (SSSR count). The molecule has 154 valence electrons. The fourth-order valence-electron chi connectivity index (χ4n) is 3.43. The number of halogens is 1. The van der Waals surface area contributed by atoms with E-state index in [-0.39, 0.29) is 11.3 Å². The van der Waals surface area contributed by atoms with Crippen molar-refractivity contribution in [3.8, 4) is 5.75 Å². The van der Waals surface area contributed by atoms with Gasteiger partial charge in [0.05, 0.1) is 16.7 Å². The number of carbonyl (C=O) groups is 1. The highest BCUT2D eigenvalue weighted by Crippen LogP contribution is 2.22. The normalized spacial score (nSPS) is 15.7. The lowest BCUT2D eigenvalue weighted by Crippen LogP contribution is -2.46. The summed E-state index contributed by atoms with van der Waals surface area (Å²) in [5.74, 6) is -0.696. The van der Waals surface area contributed by atoms with E-state index in [4.69, 9.17) is 4.11 Å². The Morgan fingerprint density at radius 3 is 2.50 bits per heavy atom. The van der Waals surface area contributed by atoms with Gasteiger partial charge in [-0.1, -0.05) is 6.07 Å². The Kier molecular flexibility index (Phi) is 4.77. The summed E-state index contributed by atoms with van der Waals surface area (Å²) in [6.07, 6.45) is 1.79. The van der Waals surface area contributed by atoms with Gasteiger partial charge in [0.15, 0.2) is 0 Å². The molecule has 1 saturated heterocycles. The van der Waals surface area contributed by atoms with Crippen LogP contribution in [0.5, 0.6) is 5.75 Å². The SMILES string of the molecule is [3H]C([3H])([3H])Oc1ccc(C(=O)Nc2ccc(N3CCN(c4ccccn4)CC3)cc2)c(F)c1. The quantitative estimate of drug-likeness (QED) is 0.691. The summed E-state index contributed by atoms with van der Waals surface area (Å²) < 4.78 is 40.2. The molecule has 0 aliphatic carbocycles. The first-order valence-electron chi connectivity index (χ1n) is 11.1. The molecule has 1 aliphatic rings. The minimum atomic E-state index is -2.69. The van der Waals surface area contributed by atoms with Gasteiger partial charge in [-0.05, 0) is 48.5 Å². The molecule has 1 aliphatic heterocycles. The number of anilines is 3. The van der Waals surface area contributed by atoms with Crippen LogP contribution in [-0.4, -0.2) is 44.1 Å². The average Bonchev–Trinajstić information content (AvgIpc) is 2.79. The number of benzene rings is 2. The van der Waals surface area contributed by atoms with Gasteiger partial charge in [-0.15, -0.1) is 0 Å². The topological polar surface area (TPSA) is 57.7 Å². The third-order valence-electron chi connectivity index (χ3n) is 5.05. The van der Waals surface area contributed by atoms with Gasteiger partial charge in [0.25, 0.3) is 5.91 Å². The van der Waals surface area contributed by atoms with Gasteiger partial charge in [0.1, 0.15) is 17.4 Å². The molecule has 0 spiro atoms.